The third kappa shape index (κ3) is 3.34. The summed E-state index contributed by atoms with van der Waals surface area (Å²) in [5.41, 5.74) is 0.863. The second-order valence-corrected chi connectivity index (χ2v) is 3.24. The molecule has 0 aliphatic carbocycles. The lowest BCUT2D eigenvalue weighted by Crippen LogP contribution is -1.87. The van der Waals surface area contributed by atoms with E-state index >= 15 is 0 Å². The van der Waals surface area contributed by atoms with Crippen molar-refractivity contribution in [3.05, 3.63) is 35.9 Å². The fraction of sp³-hybridized carbons (Fsp3) is 0.100. The molecule has 2 nitrogen and oxygen atoms in total. The van der Waals surface area contributed by atoms with Gasteiger partial charge in [0.15, 0.2) is 0 Å². The minimum atomic E-state index is -0.0201. The molecule has 0 bridgehead atoms. The van der Waals surface area contributed by atoms with Crippen molar-refractivity contribution >= 4 is 23.0 Å². The zero-order chi connectivity index (χ0) is 9.68. The second-order valence-electron chi connectivity index (χ2n) is 2.43. The standard InChI is InChI=1S/C10H10O2S/c1-13-10(12)7-4-8-2-5-9(11)6-3-8/h2-7,11H,1H3/p-1/b7-4+. The van der Waals surface area contributed by atoms with Crippen LogP contribution in [0.4, 0.5) is 0 Å². The van der Waals surface area contributed by atoms with Crippen LogP contribution in [0.2, 0.25) is 0 Å². The number of rotatable bonds is 2. The minimum absolute atomic E-state index is 0.00574. The molecular formula is C10H9O2S-. The van der Waals surface area contributed by atoms with Gasteiger partial charge in [-0.25, -0.2) is 0 Å². The Morgan fingerprint density at radius 1 is 1.38 bits per heavy atom. The predicted octanol–water partition coefficient (Wildman–Crippen LogP) is 1.66. The highest BCUT2D eigenvalue weighted by molar-refractivity contribution is 8.13. The Hall–Kier alpha value is -1.22. The summed E-state index contributed by atoms with van der Waals surface area (Å²) in [4.78, 5) is 10.9. The van der Waals surface area contributed by atoms with Gasteiger partial charge < -0.3 is 5.11 Å². The zero-order valence-corrected chi connectivity index (χ0v) is 8.01. The summed E-state index contributed by atoms with van der Waals surface area (Å²) in [6.45, 7) is 0. The van der Waals surface area contributed by atoms with E-state index in [-0.39, 0.29) is 10.9 Å². The molecular weight excluding hydrogens is 184 g/mol. The van der Waals surface area contributed by atoms with E-state index < -0.39 is 0 Å². The van der Waals surface area contributed by atoms with E-state index in [1.54, 1.807) is 24.5 Å². The number of carbonyl (C=O) groups is 1. The summed E-state index contributed by atoms with van der Waals surface area (Å²) in [5, 5.41) is 10.7. The molecule has 1 aromatic rings. The molecule has 0 heterocycles. The smallest absolute Gasteiger partial charge is 0.211 e. The monoisotopic (exact) mass is 193 g/mol. The van der Waals surface area contributed by atoms with Crippen molar-refractivity contribution in [2.24, 2.45) is 0 Å². The Morgan fingerprint density at radius 2 is 2.00 bits per heavy atom. The van der Waals surface area contributed by atoms with Gasteiger partial charge in [-0.1, -0.05) is 42.1 Å². The topological polar surface area (TPSA) is 40.1 Å². The molecule has 0 unspecified atom stereocenters. The van der Waals surface area contributed by atoms with Gasteiger partial charge in [-0.2, -0.15) is 0 Å². The first-order valence-corrected chi connectivity index (χ1v) is 4.98. The quantitative estimate of drug-likeness (QED) is 0.671. The Labute approximate surface area is 81.3 Å². The summed E-state index contributed by atoms with van der Waals surface area (Å²) >= 11 is 1.16. The van der Waals surface area contributed by atoms with Crippen LogP contribution < -0.4 is 5.11 Å². The normalized spacial score (nSPS) is 10.5. The fourth-order valence-corrected chi connectivity index (χ4v) is 1.02. The molecule has 0 saturated heterocycles. The van der Waals surface area contributed by atoms with E-state index in [0.717, 1.165) is 17.3 Å². The molecule has 68 valence electrons. The average molecular weight is 193 g/mol. The first kappa shape index (κ1) is 9.86. The van der Waals surface area contributed by atoms with E-state index in [1.165, 1.54) is 18.2 Å². The summed E-state index contributed by atoms with van der Waals surface area (Å²) in [6.07, 6.45) is 4.91. The number of hydrogen-bond donors (Lipinski definition) is 0. The molecule has 1 rings (SSSR count). The highest BCUT2D eigenvalue weighted by Crippen LogP contribution is 2.09. The van der Waals surface area contributed by atoms with E-state index in [2.05, 4.69) is 0 Å². The maximum absolute atomic E-state index is 10.9. The first-order valence-electron chi connectivity index (χ1n) is 3.75. The molecule has 0 aliphatic rings. The van der Waals surface area contributed by atoms with Crippen LogP contribution in [0.15, 0.2) is 30.3 Å². The van der Waals surface area contributed by atoms with Crippen molar-refractivity contribution in [1.82, 2.24) is 0 Å². The highest BCUT2D eigenvalue weighted by Gasteiger charge is 1.90. The molecule has 0 aliphatic heterocycles. The average Bonchev–Trinajstić information content (AvgIpc) is 2.16. The lowest BCUT2D eigenvalue weighted by Gasteiger charge is -2.02. The van der Waals surface area contributed by atoms with E-state index in [4.69, 9.17) is 0 Å². The van der Waals surface area contributed by atoms with Gasteiger partial charge in [-0.05, 0) is 17.9 Å². The van der Waals surface area contributed by atoms with Gasteiger partial charge in [0.05, 0.1) is 0 Å². The lowest BCUT2D eigenvalue weighted by atomic mass is 10.2. The van der Waals surface area contributed by atoms with Gasteiger partial charge in [-0.3, -0.25) is 4.79 Å². The molecule has 0 fully saturated rings. The largest absolute Gasteiger partial charge is 0.872 e. The minimum Gasteiger partial charge on any atom is -0.872 e. The molecule has 0 saturated carbocycles. The molecule has 0 amide bonds. The molecule has 0 N–H and O–H groups in total. The first-order chi connectivity index (χ1) is 6.22. The molecule has 1 aromatic carbocycles. The number of carbonyl (C=O) groups excluding carboxylic acids is 1. The SMILES string of the molecule is CSC(=O)/C=C/c1ccc([O-])cc1. The van der Waals surface area contributed by atoms with Gasteiger partial charge >= 0.3 is 0 Å². The van der Waals surface area contributed by atoms with Crippen LogP contribution >= 0.6 is 11.8 Å². The Balaban J connectivity index is 2.69. The van der Waals surface area contributed by atoms with Gasteiger partial charge in [0, 0.05) is 0 Å². The van der Waals surface area contributed by atoms with Crippen LogP contribution in [-0.4, -0.2) is 11.4 Å². The summed E-state index contributed by atoms with van der Waals surface area (Å²) in [7, 11) is 0. The highest BCUT2D eigenvalue weighted by atomic mass is 32.2. The van der Waals surface area contributed by atoms with Gasteiger partial charge in [-0.15, -0.1) is 5.75 Å². The maximum atomic E-state index is 10.9. The molecule has 0 aromatic heterocycles. The molecule has 13 heavy (non-hydrogen) atoms. The predicted molar refractivity (Wildman–Crippen MR) is 53.4 cm³/mol. The van der Waals surface area contributed by atoms with Crippen LogP contribution in [0.25, 0.3) is 6.08 Å². The van der Waals surface area contributed by atoms with Gasteiger partial charge in [0.1, 0.15) is 0 Å². The Kier molecular flexibility index (Phi) is 3.58. The third-order valence-electron chi connectivity index (χ3n) is 1.49. The van der Waals surface area contributed by atoms with Gasteiger partial charge in [0.2, 0.25) is 5.12 Å². The van der Waals surface area contributed by atoms with E-state index in [1.807, 2.05) is 0 Å². The maximum Gasteiger partial charge on any atom is 0.211 e. The van der Waals surface area contributed by atoms with Gasteiger partial charge in [0.25, 0.3) is 0 Å². The molecule has 3 heteroatoms. The summed E-state index contributed by atoms with van der Waals surface area (Å²) in [6, 6.07) is 6.32. The van der Waals surface area contributed by atoms with Crippen LogP contribution in [0.3, 0.4) is 0 Å². The number of thioether (sulfide) groups is 1. The van der Waals surface area contributed by atoms with E-state index in [0.29, 0.717) is 0 Å². The number of hydrogen-bond acceptors (Lipinski definition) is 3. The van der Waals surface area contributed by atoms with Crippen molar-refractivity contribution in [3.8, 4) is 5.75 Å². The zero-order valence-electron chi connectivity index (χ0n) is 7.19. The fourth-order valence-electron chi connectivity index (χ4n) is 0.811. The van der Waals surface area contributed by atoms with Crippen molar-refractivity contribution in [2.45, 2.75) is 0 Å². The summed E-state index contributed by atoms with van der Waals surface area (Å²) in [5.74, 6) is -0.0201. The Bertz CT molecular complexity index is 314. The second kappa shape index (κ2) is 4.72. The summed E-state index contributed by atoms with van der Waals surface area (Å²) < 4.78 is 0. The van der Waals surface area contributed by atoms with Crippen molar-refractivity contribution in [2.75, 3.05) is 6.26 Å². The number of benzene rings is 1. The van der Waals surface area contributed by atoms with Crippen LogP contribution in [0.5, 0.6) is 5.75 Å². The molecule has 0 spiro atoms. The van der Waals surface area contributed by atoms with E-state index in [9.17, 15) is 9.90 Å². The lowest BCUT2D eigenvalue weighted by molar-refractivity contribution is -0.268. The third-order valence-corrected chi connectivity index (χ3v) is 2.03. The van der Waals surface area contributed by atoms with Crippen molar-refractivity contribution in [1.29, 1.82) is 0 Å². The van der Waals surface area contributed by atoms with Crippen LogP contribution in [0, 0.1) is 0 Å². The Morgan fingerprint density at radius 3 is 2.54 bits per heavy atom. The molecule has 0 radical (unpaired) electrons. The molecule has 0 atom stereocenters. The van der Waals surface area contributed by atoms with Crippen LogP contribution in [0.1, 0.15) is 5.56 Å². The van der Waals surface area contributed by atoms with Crippen molar-refractivity contribution < 1.29 is 9.90 Å². The van der Waals surface area contributed by atoms with Crippen LogP contribution in [-0.2, 0) is 4.79 Å². The van der Waals surface area contributed by atoms with Crippen molar-refractivity contribution in [3.63, 3.8) is 0 Å².